The number of urea groups is 1. The maximum Gasteiger partial charge on any atom is 0.319 e. The normalized spacial score (nSPS) is 14.7. The van der Waals surface area contributed by atoms with Crippen LogP contribution in [-0.2, 0) is 6.54 Å². The van der Waals surface area contributed by atoms with Crippen LogP contribution < -0.4 is 20.9 Å². The Morgan fingerprint density at radius 1 is 0.943 bits per heavy atom. The molecular weight excluding hydrogens is 436 g/mol. The van der Waals surface area contributed by atoms with Crippen LogP contribution in [0.1, 0.15) is 54.2 Å². The van der Waals surface area contributed by atoms with Gasteiger partial charge in [-0.1, -0.05) is 67.6 Å². The van der Waals surface area contributed by atoms with Crippen LogP contribution in [0, 0.1) is 5.92 Å². The number of anilines is 2. The van der Waals surface area contributed by atoms with E-state index in [4.69, 9.17) is 0 Å². The van der Waals surface area contributed by atoms with Crippen LogP contribution in [0.25, 0.3) is 0 Å². The first-order chi connectivity index (χ1) is 17.0. The van der Waals surface area contributed by atoms with Crippen LogP contribution in [-0.4, -0.2) is 25.0 Å². The maximum atomic E-state index is 13.4. The van der Waals surface area contributed by atoms with Gasteiger partial charge in [-0.15, -0.1) is 0 Å². The maximum absolute atomic E-state index is 13.4. The lowest BCUT2D eigenvalue weighted by Crippen LogP contribution is -2.35. The molecule has 0 bridgehead atoms. The summed E-state index contributed by atoms with van der Waals surface area (Å²) in [7, 11) is 0. The highest BCUT2D eigenvalue weighted by Gasteiger charge is 2.23. The van der Waals surface area contributed by atoms with Crippen molar-refractivity contribution in [2.75, 3.05) is 23.3 Å². The smallest absolute Gasteiger partial charge is 0.319 e. The predicted octanol–water partition coefficient (Wildman–Crippen LogP) is 5.74. The van der Waals surface area contributed by atoms with Gasteiger partial charge in [0.1, 0.15) is 0 Å². The first-order valence-corrected chi connectivity index (χ1v) is 12.3. The van der Waals surface area contributed by atoms with Crippen LogP contribution in [0.2, 0.25) is 0 Å². The second kappa shape index (κ2) is 11.6. The van der Waals surface area contributed by atoms with Gasteiger partial charge in [-0.25, -0.2) is 4.79 Å². The topological polar surface area (TPSA) is 73.5 Å². The lowest BCUT2D eigenvalue weighted by molar-refractivity contribution is 0.0940. The fourth-order valence-corrected chi connectivity index (χ4v) is 4.37. The lowest BCUT2D eigenvalue weighted by Gasteiger charge is -2.33. The van der Waals surface area contributed by atoms with Crippen molar-refractivity contribution in [3.63, 3.8) is 0 Å². The van der Waals surface area contributed by atoms with Crippen LogP contribution in [0.3, 0.4) is 0 Å². The van der Waals surface area contributed by atoms with Gasteiger partial charge in [0.2, 0.25) is 0 Å². The van der Waals surface area contributed by atoms with Crippen LogP contribution in [0.5, 0.6) is 0 Å². The van der Waals surface area contributed by atoms with E-state index in [0.717, 1.165) is 42.7 Å². The Hall–Kier alpha value is -3.80. The average Bonchev–Trinajstić information content (AvgIpc) is 2.89. The van der Waals surface area contributed by atoms with Crippen molar-refractivity contribution in [3.8, 4) is 0 Å². The van der Waals surface area contributed by atoms with Crippen molar-refractivity contribution in [2.24, 2.45) is 5.92 Å². The largest absolute Gasteiger partial charge is 0.371 e. The van der Waals surface area contributed by atoms with Crippen LogP contribution in [0.15, 0.2) is 78.9 Å². The number of hydrogen-bond donors (Lipinski definition) is 3. The first kappa shape index (κ1) is 24.3. The van der Waals surface area contributed by atoms with Crippen LogP contribution >= 0.6 is 0 Å². The monoisotopic (exact) mass is 470 g/mol. The first-order valence-electron chi connectivity index (χ1n) is 12.3. The van der Waals surface area contributed by atoms with Crippen LogP contribution in [0.4, 0.5) is 16.2 Å². The molecule has 6 nitrogen and oxygen atoms in total. The van der Waals surface area contributed by atoms with Gasteiger partial charge in [-0.2, -0.15) is 0 Å². The van der Waals surface area contributed by atoms with E-state index in [9.17, 15) is 9.59 Å². The molecule has 1 atom stereocenters. The van der Waals surface area contributed by atoms with Gasteiger partial charge in [0.25, 0.3) is 5.91 Å². The molecule has 1 unspecified atom stereocenters. The number of benzene rings is 3. The highest BCUT2D eigenvalue weighted by Crippen LogP contribution is 2.29. The predicted molar refractivity (Wildman–Crippen MR) is 142 cm³/mol. The van der Waals surface area contributed by atoms with Crippen molar-refractivity contribution in [2.45, 2.75) is 39.3 Å². The van der Waals surface area contributed by atoms with Crippen molar-refractivity contribution < 1.29 is 9.59 Å². The fourth-order valence-electron chi connectivity index (χ4n) is 4.37. The molecule has 3 N–H and O–H groups in total. The number of hydrogen-bond acceptors (Lipinski definition) is 3. The second-order valence-electron chi connectivity index (χ2n) is 9.30. The molecule has 1 heterocycles. The highest BCUT2D eigenvalue weighted by atomic mass is 16.2. The molecule has 4 rings (SSSR count). The zero-order valence-corrected chi connectivity index (χ0v) is 20.5. The summed E-state index contributed by atoms with van der Waals surface area (Å²) in [6, 6.07) is 24.8. The van der Waals surface area contributed by atoms with Gasteiger partial charge in [-0.05, 0) is 55.0 Å². The zero-order valence-electron chi connectivity index (χ0n) is 20.5. The third-order valence-corrected chi connectivity index (χ3v) is 6.57. The quantitative estimate of drug-likeness (QED) is 0.413. The van der Waals surface area contributed by atoms with E-state index in [2.05, 4.69) is 27.8 Å². The summed E-state index contributed by atoms with van der Waals surface area (Å²) in [5, 5.41) is 8.89. The van der Waals surface area contributed by atoms with Gasteiger partial charge in [0.15, 0.2) is 0 Å². The Labute approximate surface area is 207 Å². The molecule has 1 aliphatic heterocycles. The van der Waals surface area contributed by atoms with Gasteiger partial charge in [0, 0.05) is 31.0 Å². The third-order valence-electron chi connectivity index (χ3n) is 6.57. The molecule has 1 aliphatic rings. The minimum absolute atomic E-state index is 0.135. The number of piperidine rings is 1. The Bertz CT molecular complexity index is 1130. The minimum atomic E-state index is -0.308. The third kappa shape index (κ3) is 6.63. The van der Waals surface area contributed by atoms with Gasteiger partial charge < -0.3 is 20.9 Å². The Kier molecular flexibility index (Phi) is 8.03. The van der Waals surface area contributed by atoms with Crippen molar-refractivity contribution in [1.29, 1.82) is 0 Å². The summed E-state index contributed by atoms with van der Waals surface area (Å²) in [5.74, 6) is 0.541. The summed E-state index contributed by atoms with van der Waals surface area (Å²) in [6.45, 7) is 6.51. The molecule has 3 amide bonds. The zero-order chi connectivity index (χ0) is 24.6. The van der Waals surface area contributed by atoms with E-state index in [0.29, 0.717) is 23.7 Å². The minimum Gasteiger partial charge on any atom is -0.371 e. The van der Waals surface area contributed by atoms with Crippen molar-refractivity contribution in [1.82, 2.24) is 10.6 Å². The molecule has 0 radical (unpaired) electrons. The number of amides is 3. The molecule has 0 aliphatic carbocycles. The number of nitrogens with zero attached hydrogens (tertiary/aromatic N) is 1. The summed E-state index contributed by atoms with van der Waals surface area (Å²) >= 11 is 0. The number of carbonyl (C=O) groups is 2. The summed E-state index contributed by atoms with van der Waals surface area (Å²) < 4.78 is 0. The number of nitrogens with one attached hydrogen (secondary N) is 3. The molecule has 3 aromatic carbocycles. The highest BCUT2D eigenvalue weighted by molar-refractivity contribution is 6.02. The lowest BCUT2D eigenvalue weighted by atomic mass is 9.97. The summed E-state index contributed by atoms with van der Waals surface area (Å²) in [5.41, 5.74) is 4.13. The van der Waals surface area contributed by atoms with E-state index >= 15 is 0 Å². The fraction of sp³-hybridized carbons (Fsp3) is 0.310. The Morgan fingerprint density at radius 3 is 2.29 bits per heavy atom. The van der Waals surface area contributed by atoms with Gasteiger partial charge in [0.05, 0.1) is 11.6 Å². The Morgan fingerprint density at radius 2 is 1.60 bits per heavy atom. The van der Waals surface area contributed by atoms with Gasteiger partial charge >= 0.3 is 6.03 Å². The van der Waals surface area contributed by atoms with Gasteiger partial charge in [-0.3, -0.25) is 4.79 Å². The van der Waals surface area contributed by atoms with E-state index in [1.807, 2.05) is 79.7 Å². The van der Waals surface area contributed by atoms with E-state index < -0.39 is 0 Å². The van der Waals surface area contributed by atoms with E-state index in [1.54, 1.807) is 6.07 Å². The molecule has 0 spiro atoms. The number of carbonyl (C=O) groups excluding carboxylic acids is 2. The molecular formula is C29H34N4O2. The van der Waals surface area contributed by atoms with Crippen molar-refractivity contribution >= 4 is 23.3 Å². The van der Waals surface area contributed by atoms with E-state index in [1.165, 1.54) is 0 Å². The molecule has 6 heteroatoms. The molecule has 1 saturated heterocycles. The standard InChI is InChI=1S/C29H34N4O2/c1-21-15-17-33(18-16-21)27-14-13-25(32-29(35)30-20-23-9-5-3-6-10-23)19-26(27)28(34)31-22(2)24-11-7-4-8-12-24/h3-14,19,21-22H,15-18,20H2,1-2H3,(H,31,34)(H2,30,32,35). The molecule has 0 saturated carbocycles. The number of rotatable bonds is 7. The molecule has 0 aromatic heterocycles. The molecule has 182 valence electrons. The molecule has 35 heavy (non-hydrogen) atoms. The average molecular weight is 471 g/mol. The summed E-state index contributed by atoms with van der Waals surface area (Å²) in [6.07, 6.45) is 2.20. The summed E-state index contributed by atoms with van der Waals surface area (Å²) in [4.78, 5) is 28.2. The van der Waals surface area contributed by atoms with Crippen molar-refractivity contribution in [3.05, 3.63) is 95.6 Å². The second-order valence-corrected chi connectivity index (χ2v) is 9.30. The van der Waals surface area contributed by atoms with E-state index in [-0.39, 0.29) is 18.0 Å². The SMILES string of the molecule is CC1CCN(c2ccc(NC(=O)NCc3ccccc3)cc2C(=O)NC(C)c2ccccc2)CC1. The molecule has 1 fully saturated rings. The Balaban J connectivity index is 1.51. The molecule has 3 aromatic rings.